The predicted molar refractivity (Wildman–Crippen MR) is 95.0 cm³/mol. The molecule has 0 aliphatic carbocycles. The number of nitrogens with one attached hydrogen (secondary N) is 1. The van der Waals surface area contributed by atoms with E-state index < -0.39 is 0 Å². The molecule has 0 radical (unpaired) electrons. The topological polar surface area (TPSA) is 55.4 Å². The maximum Gasteiger partial charge on any atom is 0.313 e. The lowest BCUT2D eigenvalue weighted by Crippen LogP contribution is -2.24. The van der Waals surface area contributed by atoms with Gasteiger partial charge in [-0.05, 0) is 43.0 Å². The number of rotatable bonds is 6. The minimum atomic E-state index is -0.375. The molecule has 1 amide bonds. The molecule has 0 aliphatic heterocycles. The van der Waals surface area contributed by atoms with E-state index in [-0.39, 0.29) is 24.4 Å². The molecule has 1 N–H and O–H groups in total. The number of ether oxygens (including phenoxy) is 1. The van der Waals surface area contributed by atoms with Crippen LogP contribution in [0.3, 0.4) is 0 Å². The van der Waals surface area contributed by atoms with Gasteiger partial charge in [0, 0.05) is 5.69 Å². The van der Waals surface area contributed by atoms with Crippen LogP contribution in [0.15, 0.2) is 48.5 Å². The minimum absolute atomic E-state index is 0.282. The normalized spacial score (nSPS) is 11.6. The Bertz CT molecular complexity index is 710. The Balaban J connectivity index is 1.93. The zero-order valence-corrected chi connectivity index (χ0v) is 14.3. The zero-order valence-electron chi connectivity index (χ0n) is 14.3. The largest absolute Gasteiger partial charge is 0.455 e. The van der Waals surface area contributed by atoms with Crippen molar-refractivity contribution in [2.75, 3.05) is 11.9 Å². The molecule has 4 nitrogen and oxygen atoms in total. The van der Waals surface area contributed by atoms with Gasteiger partial charge in [0.05, 0.1) is 5.92 Å². The van der Waals surface area contributed by atoms with E-state index in [0.29, 0.717) is 6.42 Å². The molecule has 0 saturated heterocycles. The van der Waals surface area contributed by atoms with Gasteiger partial charge in [0.25, 0.3) is 5.91 Å². The Morgan fingerprint density at radius 2 is 1.79 bits per heavy atom. The van der Waals surface area contributed by atoms with Crippen LogP contribution in [0.5, 0.6) is 0 Å². The van der Waals surface area contributed by atoms with Crippen molar-refractivity contribution in [1.82, 2.24) is 0 Å². The Morgan fingerprint density at radius 3 is 2.46 bits per heavy atom. The van der Waals surface area contributed by atoms with Gasteiger partial charge < -0.3 is 10.1 Å². The summed E-state index contributed by atoms with van der Waals surface area (Å²) in [6.07, 6.45) is 0.626. The van der Waals surface area contributed by atoms with Crippen molar-refractivity contribution >= 4 is 17.6 Å². The summed E-state index contributed by atoms with van der Waals surface area (Å²) in [6.45, 7) is 5.52. The van der Waals surface area contributed by atoms with Gasteiger partial charge in [-0.3, -0.25) is 9.59 Å². The second kappa shape index (κ2) is 8.29. The first-order valence-corrected chi connectivity index (χ1v) is 8.10. The van der Waals surface area contributed by atoms with Crippen molar-refractivity contribution in [2.24, 2.45) is 0 Å². The minimum Gasteiger partial charge on any atom is -0.455 e. The van der Waals surface area contributed by atoms with Gasteiger partial charge in [-0.1, -0.05) is 49.4 Å². The van der Waals surface area contributed by atoms with E-state index in [9.17, 15) is 9.59 Å². The van der Waals surface area contributed by atoms with E-state index in [1.807, 2.05) is 69.3 Å². The van der Waals surface area contributed by atoms with Gasteiger partial charge >= 0.3 is 5.97 Å². The van der Waals surface area contributed by atoms with E-state index in [2.05, 4.69) is 5.32 Å². The summed E-state index contributed by atoms with van der Waals surface area (Å²) >= 11 is 0. The molecule has 126 valence electrons. The van der Waals surface area contributed by atoms with Crippen LogP contribution < -0.4 is 5.32 Å². The van der Waals surface area contributed by atoms with Crippen LogP contribution in [-0.4, -0.2) is 18.5 Å². The lowest BCUT2D eigenvalue weighted by atomic mass is 9.97. The number of anilines is 1. The molecule has 0 saturated carbocycles. The first-order chi connectivity index (χ1) is 11.5. The van der Waals surface area contributed by atoms with Crippen LogP contribution in [-0.2, 0) is 14.3 Å². The Kier molecular flexibility index (Phi) is 6.13. The van der Waals surface area contributed by atoms with Gasteiger partial charge in [0.15, 0.2) is 6.61 Å². The van der Waals surface area contributed by atoms with Crippen molar-refractivity contribution in [1.29, 1.82) is 0 Å². The summed E-state index contributed by atoms with van der Waals surface area (Å²) in [5.41, 5.74) is 3.67. The molecule has 2 aromatic rings. The quantitative estimate of drug-likeness (QED) is 0.817. The molecule has 0 bridgehead atoms. The summed E-state index contributed by atoms with van der Waals surface area (Å²) < 4.78 is 5.20. The number of aryl methyl sites for hydroxylation is 2. The lowest BCUT2D eigenvalue weighted by molar-refractivity contribution is -0.149. The molecule has 2 rings (SSSR count). The van der Waals surface area contributed by atoms with Crippen LogP contribution in [0.4, 0.5) is 5.69 Å². The van der Waals surface area contributed by atoms with Crippen LogP contribution in [0.1, 0.15) is 36.0 Å². The molecule has 24 heavy (non-hydrogen) atoms. The Labute approximate surface area is 142 Å². The highest BCUT2D eigenvalue weighted by atomic mass is 16.5. The molecule has 0 heterocycles. The summed E-state index contributed by atoms with van der Waals surface area (Å²) in [4.78, 5) is 24.3. The fourth-order valence-electron chi connectivity index (χ4n) is 2.52. The van der Waals surface area contributed by atoms with Crippen molar-refractivity contribution in [3.05, 3.63) is 65.2 Å². The first-order valence-electron chi connectivity index (χ1n) is 8.10. The summed E-state index contributed by atoms with van der Waals surface area (Å²) in [6, 6.07) is 15.3. The average molecular weight is 325 g/mol. The molecule has 0 fully saturated rings. The number of hydrogen-bond acceptors (Lipinski definition) is 3. The standard InChI is InChI=1S/C20H23NO3/c1-4-17(16-8-6-5-7-9-16)20(23)24-13-19(22)21-18-12-14(2)10-11-15(18)3/h5-12,17H,4,13H2,1-3H3,(H,21,22)/t17-/m1/s1. The van der Waals surface area contributed by atoms with E-state index in [1.54, 1.807) is 0 Å². The van der Waals surface area contributed by atoms with Crippen molar-refractivity contribution < 1.29 is 14.3 Å². The fraction of sp³-hybridized carbons (Fsp3) is 0.300. The molecule has 0 aromatic heterocycles. The van der Waals surface area contributed by atoms with Gasteiger partial charge in [-0.2, -0.15) is 0 Å². The highest BCUT2D eigenvalue weighted by Gasteiger charge is 2.21. The highest BCUT2D eigenvalue weighted by Crippen LogP contribution is 2.21. The second-order valence-corrected chi connectivity index (χ2v) is 5.85. The summed E-state index contributed by atoms with van der Waals surface area (Å²) in [7, 11) is 0. The second-order valence-electron chi connectivity index (χ2n) is 5.85. The van der Waals surface area contributed by atoms with Crippen molar-refractivity contribution in [3.63, 3.8) is 0 Å². The molecule has 2 aromatic carbocycles. The average Bonchev–Trinajstić information content (AvgIpc) is 2.58. The zero-order chi connectivity index (χ0) is 17.5. The number of carbonyl (C=O) groups is 2. The molecule has 0 spiro atoms. The molecule has 1 atom stereocenters. The number of hydrogen-bond donors (Lipinski definition) is 1. The van der Waals surface area contributed by atoms with Gasteiger partial charge in [0.2, 0.25) is 0 Å². The lowest BCUT2D eigenvalue weighted by Gasteiger charge is -2.15. The molecule has 0 aliphatic rings. The van der Waals surface area contributed by atoms with Crippen molar-refractivity contribution in [2.45, 2.75) is 33.1 Å². The molecular weight excluding hydrogens is 302 g/mol. The summed E-state index contributed by atoms with van der Waals surface area (Å²) in [5, 5.41) is 2.79. The van der Waals surface area contributed by atoms with Crippen LogP contribution in [0, 0.1) is 13.8 Å². The number of benzene rings is 2. The van der Waals surface area contributed by atoms with Crippen LogP contribution in [0.2, 0.25) is 0 Å². The van der Waals surface area contributed by atoms with Gasteiger partial charge in [-0.15, -0.1) is 0 Å². The third-order valence-corrected chi connectivity index (χ3v) is 3.91. The highest BCUT2D eigenvalue weighted by molar-refractivity contribution is 5.94. The SMILES string of the molecule is CC[C@@H](C(=O)OCC(=O)Nc1cc(C)ccc1C)c1ccccc1. The molecule has 4 heteroatoms. The first kappa shape index (κ1) is 17.7. The Morgan fingerprint density at radius 1 is 1.08 bits per heavy atom. The smallest absolute Gasteiger partial charge is 0.313 e. The van der Waals surface area contributed by atoms with Gasteiger partial charge in [-0.25, -0.2) is 0 Å². The third kappa shape index (κ3) is 4.69. The fourth-order valence-corrected chi connectivity index (χ4v) is 2.52. The monoisotopic (exact) mass is 325 g/mol. The third-order valence-electron chi connectivity index (χ3n) is 3.91. The maximum absolute atomic E-state index is 12.3. The van der Waals surface area contributed by atoms with Gasteiger partial charge in [0.1, 0.15) is 0 Å². The number of amides is 1. The number of carbonyl (C=O) groups excluding carboxylic acids is 2. The summed E-state index contributed by atoms with van der Waals surface area (Å²) in [5.74, 6) is -1.06. The maximum atomic E-state index is 12.3. The van der Waals surface area contributed by atoms with E-state index >= 15 is 0 Å². The molecule has 0 unspecified atom stereocenters. The van der Waals surface area contributed by atoms with Crippen molar-refractivity contribution in [3.8, 4) is 0 Å². The number of esters is 1. The predicted octanol–water partition coefficient (Wildman–Crippen LogP) is 3.98. The molecular formula is C20H23NO3. The van der Waals surface area contributed by atoms with Crippen LogP contribution >= 0.6 is 0 Å². The van der Waals surface area contributed by atoms with Crippen LogP contribution in [0.25, 0.3) is 0 Å². The van der Waals surface area contributed by atoms with E-state index in [4.69, 9.17) is 4.74 Å². The Hall–Kier alpha value is -2.62. The van der Waals surface area contributed by atoms with E-state index in [0.717, 1.165) is 22.4 Å². The van der Waals surface area contributed by atoms with E-state index in [1.165, 1.54) is 0 Å².